The van der Waals surface area contributed by atoms with Gasteiger partial charge in [-0.3, -0.25) is 9.36 Å². The van der Waals surface area contributed by atoms with Crippen molar-refractivity contribution in [2.75, 3.05) is 5.32 Å². The van der Waals surface area contributed by atoms with Gasteiger partial charge in [0.1, 0.15) is 23.8 Å². The van der Waals surface area contributed by atoms with E-state index in [0.29, 0.717) is 11.5 Å². The van der Waals surface area contributed by atoms with Crippen molar-refractivity contribution >= 4 is 23.1 Å². The summed E-state index contributed by atoms with van der Waals surface area (Å²) in [5.41, 5.74) is 1.67. The van der Waals surface area contributed by atoms with Gasteiger partial charge in [-0.15, -0.1) is 0 Å². The van der Waals surface area contributed by atoms with Crippen molar-refractivity contribution in [3.8, 4) is 5.69 Å². The molecular formula is C16H11F2N3OS. The first-order valence-electron chi connectivity index (χ1n) is 6.98. The molecule has 2 aromatic heterocycles. The fourth-order valence-corrected chi connectivity index (χ4v) is 3.52. The quantitative estimate of drug-likeness (QED) is 0.778. The Hall–Kier alpha value is -2.54. The molecule has 0 saturated carbocycles. The number of fused-ring (bicyclic) bond motifs is 1. The molecule has 7 heteroatoms. The molecule has 1 atom stereocenters. The first-order valence-corrected chi connectivity index (χ1v) is 7.92. The van der Waals surface area contributed by atoms with E-state index in [4.69, 9.17) is 0 Å². The summed E-state index contributed by atoms with van der Waals surface area (Å²) in [7, 11) is 0. The van der Waals surface area contributed by atoms with Crippen molar-refractivity contribution < 1.29 is 13.6 Å². The number of anilines is 1. The summed E-state index contributed by atoms with van der Waals surface area (Å²) >= 11 is 1.54. The van der Waals surface area contributed by atoms with E-state index in [-0.39, 0.29) is 23.9 Å². The van der Waals surface area contributed by atoms with Gasteiger partial charge < -0.3 is 5.32 Å². The predicted octanol–water partition coefficient (Wildman–Crippen LogP) is 3.69. The number of thiophene rings is 1. The Morgan fingerprint density at radius 1 is 1.30 bits per heavy atom. The predicted molar refractivity (Wildman–Crippen MR) is 82.9 cm³/mol. The van der Waals surface area contributed by atoms with Gasteiger partial charge >= 0.3 is 0 Å². The van der Waals surface area contributed by atoms with Crippen molar-refractivity contribution in [2.45, 2.75) is 12.3 Å². The van der Waals surface area contributed by atoms with Crippen LogP contribution in [0.2, 0.25) is 0 Å². The fourth-order valence-electron chi connectivity index (χ4n) is 2.81. The molecule has 23 heavy (non-hydrogen) atoms. The third-order valence-electron chi connectivity index (χ3n) is 3.89. The zero-order valence-corrected chi connectivity index (χ0v) is 12.6. The lowest BCUT2D eigenvalue weighted by Crippen LogP contribution is -2.24. The molecular weight excluding hydrogens is 320 g/mol. The highest BCUT2D eigenvalue weighted by molar-refractivity contribution is 7.08. The Bertz CT molecular complexity index is 889. The van der Waals surface area contributed by atoms with Crippen molar-refractivity contribution in [2.24, 2.45) is 0 Å². The Morgan fingerprint density at radius 2 is 2.17 bits per heavy atom. The summed E-state index contributed by atoms with van der Waals surface area (Å²) in [4.78, 5) is 16.4. The van der Waals surface area contributed by atoms with Crippen LogP contribution in [0.15, 0.2) is 41.4 Å². The number of rotatable bonds is 2. The van der Waals surface area contributed by atoms with Crippen LogP contribution in [0.3, 0.4) is 0 Å². The SMILES string of the molecule is O=C1CC(c2ccsc2)c2ncn(-c3cc(F)ccc3F)c2N1. The molecule has 4 rings (SSSR count). The molecule has 4 nitrogen and oxygen atoms in total. The second kappa shape index (κ2) is 5.27. The van der Waals surface area contributed by atoms with E-state index < -0.39 is 11.6 Å². The summed E-state index contributed by atoms with van der Waals surface area (Å²) < 4.78 is 28.9. The smallest absolute Gasteiger partial charge is 0.226 e. The number of carbonyl (C=O) groups is 1. The summed E-state index contributed by atoms with van der Waals surface area (Å²) in [6, 6.07) is 5.13. The van der Waals surface area contributed by atoms with Gasteiger partial charge in [-0.05, 0) is 34.5 Å². The average molecular weight is 331 g/mol. The van der Waals surface area contributed by atoms with E-state index in [1.54, 1.807) is 11.3 Å². The molecule has 1 N–H and O–H groups in total. The summed E-state index contributed by atoms with van der Waals surface area (Å²) in [5.74, 6) is -1.10. The molecule has 1 amide bonds. The lowest BCUT2D eigenvalue weighted by atomic mass is 9.92. The third kappa shape index (κ3) is 2.33. The number of amides is 1. The van der Waals surface area contributed by atoms with Crippen LogP contribution >= 0.6 is 11.3 Å². The molecule has 1 aromatic carbocycles. The number of hydrogen-bond acceptors (Lipinski definition) is 3. The molecule has 1 unspecified atom stereocenters. The lowest BCUT2D eigenvalue weighted by Gasteiger charge is -2.22. The number of imidazole rings is 1. The second-order valence-corrected chi connectivity index (χ2v) is 6.09. The van der Waals surface area contributed by atoms with Crippen molar-refractivity contribution in [1.82, 2.24) is 9.55 Å². The van der Waals surface area contributed by atoms with Crippen molar-refractivity contribution in [3.05, 3.63) is 64.2 Å². The van der Waals surface area contributed by atoms with E-state index in [1.165, 1.54) is 10.9 Å². The van der Waals surface area contributed by atoms with Crippen LogP contribution in [0.4, 0.5) is 14.6 Å². The van der Waals surface area contributed by atoms with E-state index >= 15 is 0 Å². The highest BCUT2D eigenvalue weighted by Gasteiger charge is 2.31. The molecule has 116 valence electrons. The molecule has 1 aliphatic heterocycles. The molecule has 3 heterocycles. The number of hydrogen-bond donors (Lipinski definition) is 1. The highest BCUT2D eigenvalue weighted by atomic mass is 32.1. The Kier molecular flexibility index (Phi) is 3.23. The summed E-state index contributed by atoms with van der Waals surface area (Å²) in [5, 5.41) is 6.62. The topological polar surface area (TPSA) is 46.9 Å². The van der Waals surface area contributed by atoms with Crippen LogP contribution in [0.25, 0.3) is 5.69 Å². The maximum atomic E-state index is 14.0. The maximum absolute atomic E-state index is 14.0. The van der Waals surface area contributed by atoms with Crippen LogP contribution in [0, 0.1) is 11.6 Å². The van der Waals surface area contributed by atoms with Gasteiger partial charge in [0.25, 0.3) is 0 Å². The van der Waals surface area contributed by atoms with Gasteiger partial charge in [-0.2, -0.15) is 11.3 Å². The lowest BCUT2D eigenvalue weighted by molar-refractivity contribution is -0.116. The number of carbonyl (C=O) groups excluding carboxylic acids is 1. The molecule has 0 spiro atoms. The molecule has 0 bridgehead atoms. The largest absolute Gasteiger partial charge is 0.310 e. The van der Waals surface area contributed by atoms with Gasteiger partial charge in [0.05, 0.1) is 11.4 Å². The summed E-state index contributed by atoms with van der Waals surface area (Å²) in [6.07, 6.45) is 1.69. The molecule has 0 fully saturated rings. The minimum absolute atomic E-state index is 0.0185. The van der Waals surface area contributed by atoms with Crippen LogP contribution < -0.4 is 5.32 Å². The molecule has 3 aromatic rings. The number of halogens is 2. The zero-order chi connectivity index (χ0) is 16.0. The van der Waals surface area contributed by atoms with E-state index in [0.717, 1.165) is 23.8 Å². The van der Waals surface area contributed by atoms with Crippen LogP contribution in [0.5, 0.6) is 0 Å². The minimum Gasteiger partial charge on any atom is -0.310 e. The van der Waals surface area contributed by atoms with Crippen LogP contribution in [0.1, 0.15) is 23.6 Å². The zero-order valence-electron chi connectivity index (χ0n) is 11.8. The van der Waals surface area contributed by atoms with E-state index in [1.807, 2.05) is 16.8 Å². The van der Waals surface area contributed by atoms with Crippen LogP contribution in [-0.4, -0.2) is 15.5 Å². The van der Waals surface area contributed by atoms with Gasteiger partial charge in [-0.25, -0.2) is 13.8 Å². The molecule has 1 aliphatic rings. The van der Waals surface area contributed by atoms with Gasteiger partial charge in [0, 0.05) is 18.4 Å². The number of nitrogens with zero attached hydrogens (tertiary/aromatic N) is 2. The molecule has 0 aliphatic carbocycles. The molecule has 0 saturated heterocycles. The van der Waals surface area contributed by atoms with Crippen molar-refractivity contribution in [3.63, 3.8) is 0 Å². The summed E-state index contributed by atoms with van der Waals surface area (Å²) in [6.45, 7) is 0. The first kappa shape index (κ1) is 14.1. The van der Waals surface area contributed by atoms with E-state index in [2.05, 4.69) is 10.3 Å². The average Bonchev–Trinajstić information content (AvgIpc) is 3.18. The van der Waals surface area contributed by atoms with Gasteiger partial charge in [-0.1, -0.05) is 0 Å². The Balaban J connectivity index is 1.87. The van der Waals surface area contributed by atoms with Crippen LogP contribution in [-0.2, 0) is 4.79 Å². The van der Waals surface area contributed by atoms with Crippen molar-refractivity contribution in [1.29, 1.82) is 0 Å². The number of benzene rings is 1. The second-order valence-electron chi connectivity index (χ2n) is 5.31. The fraction of sp³-hybridized carbons (Fsp3) is 0.125. The Morgan fingerprint density at radius 3 is 2.96 bits per heavy atom. The standard InChI is InChI=1S/C16H11F2N3OS/c17-10-1-2-12(18)13(5-10)21-8-19-15-11(9-3-4-23-7-9)6-14(22)20-16(15)21/h1-5,7-8,11H,6H2,(H,20,22). The Labute approximate surface area is 134 Å². The normalized spacial score (nSPS) is 17.0. The third-order valence-corrected chi connectivity index (χ3v) is 4.59. The first-order chi connectivity index (χ1) is 11.1. The van der Waals surface area contributed by atoms with Gasteiger partial charge in [0.2, 0.25) is 5.91 Å². The van der Waals surface area contributed by atoms with Gasteiger partial charge in [0.15, 0.2) is 0 Å². The minimum atomic E-state index is -0.585. The number of aromatic nitrogens is 2. The monoisotopic (exact) mass is 331 g/mol. The molecule has 0 radical (unpaired) electrons. The van der Waals surface area contributed by atoms with E-state index in [9.17, 15) is 13.6 Å². The maximum Gasteiger partial charge on any atom is 0.226 e. The number of nitrogens with one attached hydrogen (secondary N) is 1. The highest BCUT2D eigenvalue weighted by Crippen LogP contribution is 2.38.